The number of rotatable bonds is 2. The Balaban J connectivity index is 1.55. The number of aromatic amines is 1. The monoisotopic (exact) mass is 304 g/mol. The Labute approximate surface area is 135 Å². The molecule has 0 spiro atoms. The van der Waals surface area contributed by atoms with Crippen LogP contribution in [-0.2, 0) is 0 Å². The van der Waals surface area contributed by atoms with Crippen LogP contribution in [0.4, 0.5) is 0 Å². The Morgan fingerprint density at radius 1 is 1.13 bits per heavy atom. The van der Waals surface area contributed by atoms with Crippen LogP contribution in [0.25, 0.3) is 10.9 Å². The van der Waals surface area contributed by atoms with E-state index in [1.807, 2.05) is 42.2 Å². The van der Waals surface area contributed by atoms with Crippen molar-refractivity contribution in [1.82, 2.24) is 9.88 Å². The third kappa shape index (κ3) is 2.52. The average molecular weight is 304 g/mol. The predicted molar refractivity (Wildman–Crippen MR) is 92.7 cm³/mol. The number of nitrogens with one attached hydrogen (secondary N) is 1. The van der Waals surface area contributed by atoms with Gasteiger partial charge in [-0.1, -0.05) is 36.4 Å². The van der Waals surface area contributed by atoms with E-state index in [0.717, 1.165) is 30.6 Å². The normalized spacial score (nSPS) is 17.8. The minimum atomic E-state index is 0.154. The van der Waals surface area contributed by atoms with Crippen molar-refractivity contribution in [2.75, 3.05) is 13.1 Å². The van der Waals surface area contributed by atoms with Gasteiger partial charge in [-0.2, -0.15) is 0 Å². The van der Waals surface area contributed by atoms with Crippen LogP contribution in [0, 0.1) is 6.92 Å². The fraction of sp³-hybridized carbons (Fsp3) is 0.250. The van der Waals surface area contributed by atoms with Gasteiger partial charge in [0.2, 0.25) is 0 Å². The van der Waals surface area contributed by atoms with Gasteiger partial charge in [0.1, 0.15) is 0 Å². The van der Waals surface area contributed by atoms with Crippen LogP contribution in [0.1, 0.15) is 34.0 Å². The van der Waals surface area contributed by atoms with E-state index in [1.165, 1.54) is 16.6 Å². The Hall–Kier alpha value is -2.55. The van der Waals surface area contributed by atoms with Gasteiger partial charge in [-0.25, -0.2) is 0 Å². The molecule has 0 aliphatic carbocycles. The molecular weight excluding hydrogens is 284 g/mol. The number of hydrogen-bond acceptors (Lipinski definition) is 1. The molecule has 4 rings (SSSR count). The third-order valence-corrected chi connectivity index (χ3v) is 4.84. The molecule has 1 saturated heterocycles. The molecule has 1 aliphatic rings. The minimum Gasteiger partial charge on any atom is -0.358 e. The molecule has 1 atom stereocenters. The number of nitrogens with zero attached hydrogens (tertiary/aromatic N) is 1. The van der Waals surface area contributed by atoms with Gasteiger partial charge in [0.15, 0.2) is 0 Å². The number of carbonyl (C=O) groups is 1. The van der Waals surface area contributed by atoms with Crippen LogP contribution in [0.2, 0.25) is 0 Å². The Kier molecular flexibility index (Phi) is 3.41. The first-order chi connectivity index (χ1) is 11.2. The highest BCUT2D eigenvalue weighted by Gasteiger charge is 2.29. The lowest BCUT2D eigenvalue weighted by molar-refractivity contribution is 0.0790. The van der Waals surface area contributed by atoms with Crippen molar-refractivity contribution < 1.29 is 4.79 Å². The van der Waals surface area contributed by atoms with Gasteiger partial charge in [0, 0.05) is 35.8 Å². The zero-order valence-corrected chi connectivity index (χ0v) is 13.3. The zero-order chi connectivity index (χ0) is 15.8. The van der Waals surface area contributed by atoms with Crippen LogP contribution in [0.5, 0.6) is 0 Å². The molecule has 1 fully saturated rings. The van der Waals surface area contributed by atoms with Crippen molar-refractivity contribution in [2.45, 2.75) is 19.3 Å². The van der Waals surface area contributed by atoms with E-state index in [4.69, 9.17) is 0 Å². The summed E-state index contributed by atoms with van der Waals surface area (Å²) in [5, 5.41) is 1.24. The third-order valence-electron chi connectivity index (χ3n) is 4.84. The second-order valence-corrected chi connectivity index (χ2v) is 6.36. The van der Waals surface area contributed by atoms with Crippen molar-refractivity contribution in [3.63, 3.8) is 0 Å². The van der Waals surface area contributed by atoms with Crippen LogP contribution >= 0.6 is 0 Å². The van der Waals surface area contributed by atoms with E-state index in [0.29, 0.717) is 5.92 Å². The molecule has 2 heterocycles. The van der Waals surface area contributed by atoms with E-state index in [1.54, 1.807) is 0 Å². The van der Waals surface area contributed by atoms with Gasteiger partial charge in [0.25, 0.3) is 5.91 Å². The second-order valence-electron chi connectivity index (χ2n) is 6.36. The molecule has 3 heteroatoms. The Morgan fingerprint density at radius 3 is 2.74 bits per heavy atom. The molecule has 3 aromatic rings. The largest absolute Gasteiger partial charge is 0.358 e. The first kappa shape index (κ1) is 14.1. The maximum Gasteiger partial charge on any atom is 0.254 e. The summed E-state index contributed by atoms with van der Waals surface area (Å²) in [4.78, 5) is 18.2. The number of fused-ring (bicyclic) bond motifs is 1. The van der Waals surface area contributed by atoms with Crippen molar-refractivity contribution in [1.29, 1.82) is 0 Å². The number of carbonyl (C=O) groups excluding carboxylic acids is 1. The van der Waals surface area contributed by atoms with E-state index >= 15 is 0 Å². The number of para-hydroxylation sites is 1. The summed E-state index contributed by atoms with van der Waals surface area (Å²) >= 11 is 0. The van der Waals surface area contributed by atoms with Gasteiger partial charge in [-0.3, -0.25) is 4.79 Å². The number of likely N-dealkylation sites (tertiary alicyclic amines) is 1. The van der Waals surface area contributed by atoms with Crippen molar-refractivity contribution in [2.24, 2.45) is 0 Å². The summed E-state index contributed by atoms with van der Waals surface area (Å²) in [5.74, 6) is 0.553. The molecule has 1 aliphatic heterocycles. The fourth-order valence-corrected chi connectivity index (χ4v) is 3.50. The van der Waals surface area contributed by atoms with Gasteiger partial charge >= 0.3 is 0 Å². The summed E-state index contributed by atoms with van der Waals surface area (Å²) in [7, 11) is 0. The van der Waals surface area contributed by atoms with Crippen LogP contribution < -0.4 is 0 Å². The molecular formula is C20H20N2O. The Bertz CT molecular complexity index is 832. The quantitative estimate of drug-likeness (QED) is 0.760. The molecule has 1 unspecified atom stereocenters. The molecule has 1 N–H and O–H groups in total. The number of hydrogen-bond donors (Lipinski definition) is 1. The molecule has 0 saturated carbocycles. The summed E-state index contributed by atoms with van der Waals surface area (Å²) < 4.78 is 0. The summed E-state index contributed by atoms with van der Waals surface area (Å²) in [5.41, 5.74) is 4.29. The maximum absolute atomic E-state index is 12.7. The van der Waals surface area contributed by atoms with E-state index in [9.17, 15) is 4.79 Å². The average Bonchev–Trinajstić information content (AvgIpc) is 3.21. The number of amides is 1. The van der Waals surface area contributed by atoms with E-state index in [2.05, 4.69) is 29.2 Å². The SMILES string of the molecule is Cc1ccccc1C(=O)N1CCC(c2cc3ccccc3[nH]2)C1. The number of H-pyrrole nitrogens is 1. The van der Waals surface area contributed by atoms with Crippen LogP contribution in [0.15, 0.2) is 54.6 Å². The Morgan fingerprint density at radius 2 is 1.91 bits per heavy atom. The van der Waals surface area contributed by atoms with E-state index < -0.39 is 0 Å². The topological polar surface area (TPSA) is 36.1 Å². The summed E-state index contributed by atoms with van der Waals surface area (Å²) in [6.45, 7) is 3.62. The van der Waals surface area contributed by atoms with Crippen molar-refractivity contribution in [3.8, 4) is 0 Å². The van der Waals surface area contributed by atoms with Crippen LogP contribution in [-0.4, -0.2) is 28.9 Å². The number of benzene rings is 2. The highest BCUT2D eigenvalue weighted by Crippen LogP contribution is 2.30. The van der Waals surface area contributed by atoms with Crippen LogP contribution in [0.3, 0.4) is 0 Å². The number of aryl methyl sites for hydroxylation is 1. The van der Waals surface area contributed by atoms with Gasteiger partial charge in [-0.15, -0.1) is 0 Å². The lowest BCUT2D eigenvalue weighted by Gasteiger charge is -2.17. The molecule has 3 nitrogen and oxygen atoms in total. The first-order valence-corrected chi connectivity index (χ1v) is 8.15. The van der Waals surface area contributed by atoms with Crippen molar-refractivity contribution >= 4 is 16.8 Å². The molecule has 1 amide bonds. The van der Waals surface area contributed by atoms with Gasteiger partial charge in [-0.05, 0) is 42.5 Å². The maximum atomic E-state index is 12.7. The minimum absolute atomic E-state index is 0.154. The second kappa shape index (κ2) is 5.58. The standard InChI is InChI=1S/C20H20N2O/c1-14-6-2-4-8-17(14)20(23)22-11-10-16(13-22)19-12-15-7-3-5-9-18(15)21-19/h2-9,12,16,21H,10-11,13H2,1H3. The van der Waals surface area contributed by atoms with E-state index in [-0.39, 0.29) is 5.91 Å². The zero-order valence-electron chi connectivity index (χ0n) is 13.3. The van der Waals surface area contributed by atoms with Gasteiger partial charge in [0.05, 0.1) is 0 Å². The van der Waals surface area contributed by atoms with Crippen molar-refractivity contribution in [3.05, 3.63) is 71.4 Å². The molecule has 116 valence electrons. The lowest BCUT2D eigenvalue weighted by Crippen LogP contribution is -2.29. The highest BCUT2D eigenvalue weighted by molar-refractivity contribution is 5.95. The summed E-state index contributed by atoms with van der Waals surface area (Å²) in [6, 6.07) is 18.4. The molecule has 2 aromatic carbocycles. The molecule has 23 heavy (non-hydrogen) atoms. The first-order valence-electron chi connectivity index (χ1n) is 8.15. The molecule has 1 aromatic heterocycles. The smallest absolute Gasteiger partial charge is 0.254 e. The lowest BCUT2D eigenvalue weighted by atomic mass is 10.1. The molecule has 0 bridgehead atoms. The summed E-state index contributed by atoms with van der Waals surface area (Å²) in [6.07, 6.45) is 1.02. The predicted octanol–water partition coefficient (Wildman–Crippen LogP) is 4.11. The van der Waals surface area contributed by atoms with Gasteiger partial charge < -0.3 is 9.88 Å². The highest BCUT2D eigenvalue weighted by atomic mass is 16.2. The number of aromatic nitrogens is 1. The molecule has 0 radical (unpaired) electrons. The fourth-order valence-electron chi connectivity index (χ4n) is 3.50.